The van der Waals surface area contributed by atoms with Gasteiger partial charge in [-0.2, -0.15) is 0 Å². The molecule has 1 saturated heterocycles. The molecule has 0 aromatic heterocycles. The molecule has 186 valence electrons. The Balaban J connectivity index is 1.40. The summed E-state index contributed by atoms with van der Waals surface area (Å²) in [7, 11) is -0.0967. The molecule has 2 aromatic carbocycles. The molecular weight excluding hydrogens is 464 g/mol. The number of hydrogen-bond donors (Lipinski definition) is 1. The molecule has 2 aromatic rings. The second kappa shape index (κ2) is 9.54. The molecule has 2 amide bonds. The average Bonchev–Trinajstić information content (AvgIpc) is 3.13. The molecule has 1 spiro atoms. The number of aryl methyl sites for hydroxylation is 3. The third-order valence-electron chi connectivity index (χ3n) is 6.84. The van der Waals surface area contributed by atoms with Crippen LogP contribution in [0, 0.1) is 13.8 Å². The van der Waals surface area contributed by atoms with E-state index in [9.17, 15) is 18.0 Å². The summed E-state index contributed by atoms with van der Waals surface area (Å²) in [6, 6.07) is 13.2. The van der Waals surface area contributed by atoms with Crippen LogP contribution in [0.4, 0.5) is 0 Å². The Bertz CT molecular complexity index is 1290. The number of piperidine rings is 1. The van der Waals surface area contributed by atoms with E-state index >= 15 is 0 Å². The zero-order chi connectivity index (χ0) is 25.4. The first-order valence-electron chi connectivity index (χ1n) is 11.8. The zero-order valence-electron chi connectivity index (χ0n) is 20.7. The van der Waals surface area contributed by atoms with Gasteiger partial charge in [0.25, 0.3) is 11.8 Å². The lowest BCUT2D eigenvalue weighted by atomic mass is 9.89. The summed E-state index contributed by atoms with van der Waals surface area (Å²) >= 11 is 0. The minimum absolute atomic E-state index is 0.0220. The molecule has 4 rings (SSSR count). The van der Waals surface area contributed by atoms with Gasteiger partial charge >= 0.3 is 0 Å². The maximum atomic E-state index is 13.1. The lowest BCUT2D eigenvalue weighted by Crippen LogP contribution is -2.50. The molecule has 0 saturated carbocycles. The van der Waals surface area contributed by atoms with Crippen LogP contribution in [0.3, 0.4) is 0 Å². The average molecular weight is 497 g/mol. The number of rotatable bonds is 6. The van der Waals surface area contributed by atoms with Crippen molar-refractivity contribution >= 4 is 27.7 Å². The van der Waals surface area contributed by atoms with Gasteiger partial charge in [0.15, 0.2) is 0 Å². The van der Waals surface area contributed by atoms with Gasteiger partial charge in [-0.25, -0.2) is 12.7 Å². The van der Waals surface area contributed by atoms with Gasteiger partial charge in [0.1, 0.15) is 11.4 Å². The van der Waals surface area contributed by atoms with Crippen LogP contribution in [0.15, 0.2) is 47.5 Å². The minimum atomic E-state index is -3.50. The molecule has 8 nitrogen and oxygen atoms in total. The molecule has 2 aliphatic rings. The van der Waals surface area contributed by atoms with Crippen LogP contribution in [0.5, 0.6) is 0 Å². The van der Waals surface area contributed by atoms with Gasteiger partial charge in [0.05, 0.1) is 5.75 Å². The van der Waals surface area contributed by atoms with E-state index in [1.807, 2.05) is 44.2 Å². The van der Waals surface area contributed by atoms with Gasteiger partial charge in [0, 0.05) is 38.3 Å². The fraction of sp³-hybridized carbons (Fsp3) is 0.423. The third-order valence-corrected chi connectivity index (χ3v) is 8.71. The number of aliphatic imine (C=N–C) groups is 1. The Kier molecular flexibility index (Phi) is 6.83. The number of hydrogen-bond acceptors (Lipinski definition) is 5. The first-order chi connectivity index (χ1) is 16.5. The lowest BCUT2D eigenvalue weighted by molar-refractivity contribution is -0.124. The molecule has 0 radical (unpaired) electrons. The summed E-state index contributed by atoms with van der Waals surface area (Å²) in [6.07, 6.45) is 1.07. The lowest BCUT2D eigenvalue weighted by Gasteiger charge is -2.34. The smallest absolute Gasteiger partial charge is 0.253 e. The second-order valence-electron chi connectivity index (χ2n) is 9.62. The van der Waals surface area contributed by atoms with Crippen molar-refractivity contribution in [2.75, 3.05) is 32.9 Å². The highest BCUT2D eigenvalue weighted by atomic mass is 32.2. The number of carbonyl (C=O) groups is 2. The predicted octanol–water partition coefficient (Wildman–Crippen LogP) is 2.29. The summed E-state index contributed by atoms with van der Waals surface area (Å²) in [4.78, 5) is 31.2. The van der Waals surface area contributed by atoms with Crippen LogP contribution in [-0.4, -0.2) is 73.7 Å². The van der Waals surface area contributed by atoms with Gasteiger partial charge < -0.3 is 10.2 Å². The van der Waals surface area contributed by atoms with E-state index in [4.69, 9.17) is 4.99 Å². The summed E-state index contributed by atoms with van der Waals surface area (Å²) < 4.78 is 27.6. The van der Waals surface area contributed by atoms with Crippen molar-refractivity contribution in [1.29, 1.82) is 0 Å². The summed E-state index contributed by atoms with van der Waals surface area (Å²) in [5, 5.41) is 2.90. The number of carbonyl (C=O) groups excluding carboxylic acids is 2. The van der Waals surface area contributed by atoms with Gasteiger partial charge in [-0.1, -0.05) is 29.8 Å². The summed E-state index contributed by atoms with van der Waals surface area (Å²) in [5.41, 5.74) is 3.41. The molecule has 0 unspecified atom stereocenters. The molecule has 0 atom stereocenters. The number of nitrogens with zero attached hydrogens (tertiary/aromatic N) is 3. The molecular formula is C26H32N4O4S. The van der Waals surface area contributed by atoms with Crippen molar-refractivity contribution in [1.82, 2.24) is 14.5 Å². The van der Waals surface area contributed by atoms with Crippen LogP contribution >= 0.6 is 0 Å². The molecule has 2 aliphatic heterocycles. The van der Waals surface area contributed by atoms with Crippen LogP contribution in [0.2, 0.25) is 0 Å². The first-order valence-corrected chi connectivity index (χ1v) is 13.4. The molecule has 0 bridgehead atoms. The summed E-state index contributed by atoms with van der Waals surface area (Å²) in [5.74, 6) is 0.292. The van der Waals surface area contributed by atoms with Crippen molar-refractivity contribution in [2.24, 2.45) is 4.99 Å². The van der Waals surface area contributed by atoms with Gasteiger partial charge in [-0.3, -0.25) is 14.6 Å². The number of amides is 2. The molecule has 0 aliphatic carbocycles. The monoisotopic (exact) mass is 496 g/mol. The van der Waals surface area contributed by atoms with Crippen molar-refractivity contribution in [3.8, 4) is 0 Å². The quantitative estimate of drug-likeness (QED) is 0.663. The van der Waals surface area contributed by atoms with Crippen molar-refractivity contribution < 1.29 is 18.0 Å². The third kappa shape index (κ3) is 5.16. The van der Waals surface area contributed by atoms with Crippen molar-refractivity contribution in [3.05, 3.63) is 70.3 Å². The standard InChI is InChI=1S/C26H32N4O4S/c1-18-6-5-7-21(16-18)23-27-25(32)26(28-23)11-13-30(14-12-26)35(33,34)15-10-20-8-9-22(17-19(20)2)24(31)29(3)4/h5-9,16-17H,10-15H2,1-4H3,(H,27,28,32). The highest BCUT2D eigenvalue weighted by Crippen LogP contribution is 2.32. The topological polar surface area (TPSA) is 99.2 Å². The maximum Gasteiger partial charge on any atom is 0.253 e. The first kappa shape index (κ1) is 25.1. The van der Waals surface area contributed by atoms with Crippen LogP contribution in [0.25, 0.3) is 0 Å². The van der Waals surface area contributed by atoms with Gasteiger partial charge in [-0.05, 0) is 62.4 Å². The second-order valence-corrected chi connectivity index (χ2v) is 11.7. The van der Waals surface area contributed by atoms with Crippen LogP contribution < -0.4 is 5.32 Å². The number of amidine groups is 1. The Hall–Kier alpha value is -3.04. The number of sulfonamides is 1. The Morgan fingerprint density at radius 1 is 1.11 bits per heavy atom. The van der Waals surface area contributed by atoms with E-state index in [1.54, 1.807) is 26.2 Å². The van der Waals surface area contributed by atoms with Gasteiger partial charge in [0.2, 0.25) is 10.0 Å². The Morgan fingerprint density at radius 3 is 2.46 bits per heavy atom. The van der Waals surface area contributed by atoms with E-state index < -0.39 is 15.6 Å². The van der Waals surface area contributed by atoms with Crippen LogP contribution in [0.1, 0.15) is 45.5 Å². The fourth-order valence-corrected chi connectivity index (χ4v) is 6.13. The molecule has 2 heterocycles. The minimum Gasteiger partial charge on any atom is -0.345 e. The van der Waals surface area contributed by atoms with E-state index in [1.165, 1.54) is 9.21 Å². The van der Waals surface area contributed by atoms with Crippen molar-refractivity contribution in [2.45, 2.75) is 38.6 Å². The van der Waals surface area contributed by atoms with E-state index in [-0.39, 0.29) is 30.7 Å². The van der Waals surface area contributed by atoms with Crippen molar-refractivity contribution in [3.63, 3.8) is 0 Å². The fourth-order valence-electron chi connectivity index (χ4n) is 4.65. The van der Waals surface area contributed by atoms with Crippen LogP contribution in [-0.2, 0) is 21.2 Å². The zero-order valence-corrected chi connectivity index (χ0v) is 21.5. The Labute approximate surface area is 207 Å². The van der Waals surface area contributed by atoms with E-state index in [0.29, 0.717) is 30.7 Å². The molecule has 1 N–H and O–H groups in total. The largest absolute Gasteiger partial charge is 0.345 e. The Morgan fingerprint density at radius 2 is 1.83 bits per heavy atom. The highest BCUT2D eigenvalue weighted by molar-refractivity contribution is 7.89. The summed E-state index contributed by atoms with van der Waals surface area (Å²) in [6.45, 7) is 4.39. The predicted molar refractivity (Wildman–Crippen MR) is 136 cm³/mol. The van der Waals surface area contributed by atoms with E-state index in [0.717, 1.165) is 22.3 Å². The molecule has 1 fully saturated rings. The number of benzene rings is 2. The number of nitrogens with one attached hydrogen (secondary N) is 1. The normalized spacial score (nSPS) is 17.8. The van der Waals surface area contributed by atoms with E-state index in [2.05, 4.69) is 5.32 Å². The molecule has 9 heteroatoms. The highest BCUT2D eigenvalue weighted by Gasteiger charge is 2.47. The maximum absolute atomic E-state index is 13.1. The SMILES string of the molecule is Cc1cccc(C2=NC3(CCN(S(=O)(=O)CCc4ccc(C(=O)N(C)C)cc4C)CC3)C(=O)N2)c1. The van der Waals surface area contributed by atoms with Gasteiger partial charge in [-0.15, -0.1) is 0 Å². The molecule has 35 heavy (non-hydrogen) atoms.